The van der Waals surface area contributed by atoms with Gasteiger partial charge in [-0.2, -0.15) is 5.10 Å². The Morgan fingerprint density at radius 1 is 1.08 bits per heavy atom. The summed E-state index contributed by atoms with van der Waals surface area (Å²) in [5.74, 6) is 0. The van der Waals surface area contributed by atoms with Crippen molar-refractivity contribution in [1.82, 2.24) is 19.0 Å². The first-order chi connectivity index (χ1) is 18.3. The predicted octanol–water partition coefficient (Wildman–Crippen LogP) is 4.82. The molecule has 190 valence electrons. The zero-order valence-electron chi connectivity index (χ0n) is 20.8. The molecule has 11 heteroatoms. The Hall–Kier alpha value is -4.90. The molecule has 0 bridgehead atoms. The highest BCUT2D eigenvalue weighted by Crippen LogP contribution is 2.25. The Bertz CT molecular complexity index is 1800. The quantitative estimate of drug-likeness (QED) is 0.180. The zero-order valence-corrected chi connectivity index (χ0v) is 21.7. The Morgan fingerprint density at radius 3 is 2.58 bits per heavy atom. The molecule has 10 nitrogen and oxygen atoms in total. The molecule has 2 aromatic carbocycles. The molecule has 5 aromatic rings. The van der Waals surface area contributed by atoms with Gasteiger partial charge in [-0.1, -0.05) is 36.4 Å². The summed E-state index contributed by atoms with van der Waals surface area (Å²) in [6.07, 6.45) is 3.38. The Kier molecular flexibility index (Phi) is 6.67. The Balaban J connectivity index is 1.74. The summed E-state index contributed by atoms with van der Waals surface area (Å²) >= 11 is 1.29. The summed E-state index contributed by atoms with van der Waals surface area (Å²) in [6.45, 7) is 3.68. The van der Waals surface area contributed by atoms with Gasteiger partial charge in [0, 0.05) is 48.1 Å². The zero-order chi connectivity index (χ0) is 26.8. The SMILES string of the molecule is CC(=Nn1c(-c2cccc([N+](=O)[O-])c2)csc1=Nc1c(C)n(C)n(-c2ccccc2)c1=O)c1cccnc1. The van der Waals surface area contributed by atoms with E-state index in [1.165, 1.54) is 23.5 Å². The first kappa shape index (κ1) is 24.8. The molecule has 3 heterocycles. The fourth-order valence-corrected chi connectivity index (χ4v) is 4.85. The van der Waals surface area contributed by atoms with E-state index in [4.69, 9.17) is 10.1 Å². The van der Waals surface area contributed by atoms with Crippen LogP contribution in [0.5, 0.6) is 0 Å². The lowest BCUT2D eigenvalue weighted by Crippen LogP contribution is -2.20. The predicted molar refractivity (Wildman–Crippen MR) is 147 cm³/mol. The average molecular weight is 526 g/mol. The van der Waals surface area contributed by atoms with Crippen LogP contribution in [0.3, 0.4) is 0 Å². The molecule has 0 saturated heterocycles. The van der Waals surface area contributed by atoms with Gasteiger partial charge < -0.3 is 0 Å². The monoisotopic (exact) mass is 525 g/mol. The summed E-state index contributed by atoms with van der Waals surface area (Å²) in [4.78, 5) is 33.9. The van der Waals surface area contributed by atoms with E-state index in [-0.39, 0.29) is 16.9 Å². The number of nitro groups is 1. The first-order valence-electron chi connectivity index (χ1n) is 11.6. The largest absolute Gasteiger partial charge is 0.297 e. The number of benzene rings is 2. The van der Waals surface area contributed by atoms with Crippen molar-refractivity contribution in [2.75, 3.05) is 0 Å². The van der Waals surface area contributed by atoms with Gasteiger partial charge in [-0.15, -0.1) is 11.3 Å². The number of aromatic nitrogens is 4. The van der Waals surface area contributed by atoms with Crippen LogP contribution in [-0.4, -0.2) is 29.7 Å². The normalized spacial score (nSPS) is 12.2. The lowest BCUT2D eigenvalue weighted by Gasteiger charge is -2.07. The van der Waals surface area contributed by atoms with Crippen LogP contribution in [0.15, 0.2) is 99.4 Å². The molecule has 0 saturated carbocycles. The Labute approximate surface area is 221 Å². The van der Waals surface area contributed by atoms with Crippen LogP contribution in [0.2, 0.25) is 0 Å². The van der Waals surface area contributed by atoms with Crippen molar-refractivity contribution >= 4 is 28.4 Å². The van der Waals surface area contributed by atoms with Crippen molar-refractivity contribution in [2.24, 2.45) is 17.1 Å². The summed E-state index contributed by atoms with van der Waals surface area (Å²) < 4.78 is 4.95. The van der Waals surface area contributed by atoms with Crippen molar-refractivity contribution in [3.05, 3.63) is 121 Å². The van der Waals surface area contributed by atoms with Crippen LogP contribution >= 0.6 is 11.3 Å². The fraction of sp³-hybridized carbons (Fsp3) is 0.111. The minimum absolute atomic E-state index is 0.0312. The number of nitro benzene ring substituents is 1. The summed E-state index contributed by atoms with van der Waals surface area (Å²) in [5.41, 5.74) is 4.09. The lowest BCUT2D eigenvalue weighted by atomic mass is 10.1. The third-order valence-corrected chi connectivity index (χ3v) is 6.91. The number of non-ortho nitro benzene ring substituents is 1. The second-order valence-electron chi connectivity index (χ2n) is 8.47. The number of pyridine rings is 1. The van der Waals surface area contributed by atoms with Crippen molar-refractivity contribution in [3.63, 3.8) is 0 Å². The highest BCUT2D eigenvalue weighted by molar-refractivity contribution is 7.07. The minimum atomic E-state index is -0.435. The van der Waals surface area contributed by atoms with Gasteiger partial charge in [0.15, 0.2) is 5.69 Å². The molecular formula is C27H23N7O3S. The van der Waals surface area contributed by atoms with Gasteiger partial charge in [-0.25, -0.2) is 14.4 Å². The fourth-order valence-electron chi connectivity index (χ4n) is 4.01. The molecule has 0 aliphatic heterocycles. The summed E-state index contributed by atoms with van der Waals surface area (Å²) in [5, 5.41) is 18.0. The van der Waals surface area contributed by atoms with Crippen LogP contribution in [0.4, 0.5) is 11.4 Å². The second kappa shape index (κ2) is 10.2. The third-order valence-electron chi connectivity index (χ3n) is 6.10. The molecule has 0 aliphatic carbocycles. The van der Waals surface area contributed by atoms with E-state index in [1.54, 1.807) is 38.6 Å². The second-order valence-corrected chi connectivity index (χ2v) is 9.31. The van der Waals surface area contributed by atoms with Gasteiger partial charge in [-0.3, -0.25) is 24.6 Å². The molecule has 3 aromatic heterocycles. The van der Waals surface area contributed by atoms with Gasteiger partial charge in [0.05, 0.1) is 27.7 Å². The number of thiazole rings is 1. The maximum Gasteiger partial charge on any atom is 0.297 e. The van der Waals surface area contributed by atoms with E-state index in [1.807, 2.05) is 68.7 Å². The molecule has 0 N–H and O–H groups in total. The molecule has 0 radical (unpaired) electrons. The Morgan fingerprint density at radius 2 is 1.87 bits per heavy atom. The highest BCUT2D eigenvalue weighted by atomic mass is 32.1. The van der Waals surface area contributed by atoms with Crippen molar-refractivity contribution in [3.8, 4) is 16.9 Å². The smallest absolute Gasteiger partial charge is 0.283 e. The van der Waals surface area contributed by atoms with Crippen LogP contribution in [0.25, 0.3) is 16.9 Å². The van der Waals surface area contributed by atoms with E-state index in [0.717, 1.165) is 11.3 Å². The molecular weight excluding hydrogens is 502 g/mol. The standard InChI is InChI=1S/C27H23N7O3S/c1-18(21-10-8-14-28-16-21)30-32-24(20-9-7-13-23(15-20)34(36)37)17-38-27(32)29-25-19(2)31(3)33(26(25)35)22-11-5-4-6-12-22/h4-17H,1-3H3. The van der Waals surface area contributed by atoms with E-state index >= 15 is 0 Å². The van der Waals surface area contributed by atoms with Crippen LogP contribution < -0.4 is 10.4 Å². The minimum Gasteiger partial charge on any atom is -0.283 e. The number of hydrogen-bond acceptors (Lipinski definition) is 7. The van der Waals surface area contributed by atoms with Gasteiger partial charge in [0.2, 0.25) is 4.80 Å². The van der Waals surface area contributed by atoms with Crippen molar-refractivity contribution in [2.45, 2.75) is 13.8 Å². The van der Waals surface area contributed by atoms with Gasteiger partial charge in [0.25, 0.3) is 11.2 Å². The summed E-state index contributed by atoms with van der Waals surface area (Å²) in [6, 6.07) is 19.4. The molecule has 5 rings (SSSR count). The van der Waals surface area contributed by atoms with Gasteiger partial charge >= 0.3 is 0 Å². The average Bonchev–Trinajstić information content (AvgIpc) is 3.42. The third kappa shape index (κ3) is 4.62. The molecule has 38 heavy (non-hydrogen) atoms. The number of para-hydroxylation sites is 1. The molecule has 0 atom stereocenters. The first-order valence-corrected chi connectivity index (χ1v) is 12.5. The molecule has 0 aliphatic rings. The maximum atomic E-state index is 13.5. The molecule has 0 unspecified atom stereocenters. The van der Waals surface area contributed by atoms with Crippen molar-refractivity contribution < 1.29 is 4.92 Å². The van der Waals surface area contributed by atoms with E-state index in [0.29, 0.717) is 27.5 Å². The van der Waals surface area contributed by atoms with E-state index < -0.39 is 4.92 Å². The number of nitrogens with zero attached hydrogens (tertiary/aromatic N) is 7. The van der Waals surface area contributed by atoms with Crippen LogP contribution in [-0.2, 0) is 7.05 Å². The van der Waals surface area contributed by atoms with Gasteiger partial charge in [-0.05, 0) is 32.0 Å². The molecule has 0 amide bonds. The van der Waals surface area contributed by atoms with Crippen LogP contribution in [0.1, 0.15) is 18.2 Å². The van der Waals surface area contributed by atoms with Gasteiger partial charge in [0.1, 0.15) is 0 Å². The van der Waals surface area contributed by atoms with E-state index in [2.05, 4.69) is 4.98 Å². The highest BCUT2D eigenvalue weighted by Gasteiger charge is 2.18. The number of rotatable bonds is 6. The summed E-state index contributed by atoms with van der Waals surface area (Å²) in [7, 11) is 1.81. The maximum absolute atomic E-state index is 13.5. The van der Waals surface area contributed by atoms with Crippen molar-refractivity contribution in [1.29, 1.82) is 0 Å². The molecule has 0 spiro atoms. The topological polar surface area (TPSA) is 113 Å². The lowest BCUT2D eigenvalue weighted by molar-refractivity contribution is -0.384. The molecule has 0 fully saturated rings. The number of hydrogen-bond donors (Lipinski definition) is 0. The van der Waals surface area contributed by atoms with Crippen LogP contribution in [0, 0.1) is 17.0 Å². The van der Waals surface area contributed by atoms with E-state index in [9.17, 15) is 14.9 Å².